The maximum atomic E-state index is 13.0. The summed E-state index contributed by atoms with van der Waals surface area (Å²) < 4.78 is 18.7. The minimum absolute atomic E-state index is 0.0509. The van der Waals surface area contributed by atoms with Crippen LogP contribution in [0, 0.1) is 11.7 Å². The average molecular weight is 396 g/mol. The molecule has 0 N–H and O–H groups in total. The lowest BCUT2D eigenvalue weighted by Crippen LogP contribution is -2.32. The van der Waals surface area contributed by atoms with E-state index in [1.165, 1.54) is 12.1 Å². The summed E-state index contributed by atoms with van der Waals surface area (Å²) in [4.78, 5) is 0. The molecule has 0 atom stereocenters. The Labute approximate surface area is 132 Å². The Morgan fingerprint density at radius 3 is 2.21 bits per heavy atom. The zero-order valence-electron chi connectivity index (χ0n) is 11.5. The molecule has 0 aliphatic heterocycles. The van der Waals surface area contributed by atoms with Gasteiger partial charge in [-0.1, -0.05) is 57.8 Å². The van der Waals surface area contributed by atoms with Gasteiger partial charge in [-0.3, -0.25) is 0 Å². The third-order valence-corrected chi connectivity index (χ3v) is 5.29. The number of benzene rings is 1. The number of halogens is 3. The molecule has 108 valence electrons. The van der Waals surface area contributed by atoms with E-state index in [9.17, 15) is 4.39 Å². The van der Waals surface area contributed by atoms with Gasteiger partial charge < -0.3 is 4.74 Å². The first-order valence-electron chi connectivity index (χ1n) is 6.50. The molecule has 0 aliphatic rings. The Morgan fingerprint density at radius 1 is 1.16 bits per heavy atom. The first kappa shape index (κ1) is 17.1. The molecule has 0 amide bonds. The summed E-state index contributed by atoms with van der Waals surface area (Å²) in [7, 11) is 0. The highest BCUT2D eigenvalue weighted by Gasteiger charge is 2.29. The van der Waals surface area contributed by atoms with E-state index in [1.54, 1.807) is 0 Å². The lowest BCUT2D eigenvalue weighted by Gasteiger charge is -2.30. The number of rotatable bonds is 8. The van der Waals surface area contributed by atoms with E-state index < -0.39 is 0 Å². The summed E-state index contributed by atoms with van der Waals surface area (Å²) in [6.45, 7) is 5.78. The van der Waals surface area contributed by atoms with Crippen molar-refractivity contribution in [3.8, 4) is 0 Å². The second kappa shape index (κ2) is 8.38. The largest absolute Gasteiger partial charge is 0.381 e. The molecule has 0 heterocycles. The van der Waals surface area contributed by atoms with E-state index in [0.717, 1.165) is 29.3 Å². The number of hydrogen-bond donors (Lipinski definition) is 0. The molecule has 0 aromatic heterocycles. The van der Waals surface area contributed by atoms with Gasteiger partial charge in [0, 0.05) is 29.3 Å². The van der Waals surface area contributed by atoms with Gasteiger partial charge in [0.25, 0.3) is 0 Å². The summed E-state index contributed by atoms with van der Waals surface area (Å²) in [5, 5.41) is 1.64. The van der Waals surface area contributed by atoms with Crippen LogP contribution in [0.25, 0.3) is 0 Å². The van der Waals surface area contributed by atoms with E-state index >= 15 is 0 Å². The molecule has 0 spiro atoms. The minimum Gasteiger partial charge on any atom is -0.381 e. The van der Waals surface area contributed by atoms with Gasteiger partial charge in [-0.05, 0) is 30.0 Å². The third kappa shape index (κ3) is 5.16. The van der Waals surface area contributed by atoms with Crippen molar-refractivity contribution in [1.29, 1.82) is 0 Å². The Bertz CT molecular complexity index is 361. The molecule has 1 aromatic carbocycles. The normalized spacial score (nSPS) is 12.1. The van der Waals surface area contributed by atoms with Crippen molar-refractivity contribution >= 4 is 31.9 Å². The van der Waals surface area contributed by atoms with Gasteiger partial charge in [0.1, 0.15) is 5.82 Å². The fourth-order valence-corrected chi connectivity index (χ4v) is 3.99. The topological polar surface area (TPSA) is 9.23 Å². The number of ether oxygens (including phenoxy) is 1. The van der Waals surface area contributed by atoms with E-state index in [2.05, 4.69) is 45.7 Å². The molecule has 0 bridgehead atoms. The van der Waals surface area contributed by atoms with Gasteiger partial charge in [0.05, 0.1) is 0 Å². The van der Waals surface area contributed by atoms with Crippen LogP contribution in [0.1, 0.15) is 25.8 Å². The fraction of sp³-hybridized carbons (Fsp3) is 0.600. The molecule has 0 aliphatic carbocycles. The lowest BCUT2D eigenvalue weighted by molar-refractivity contribution is 0.0975. The first-order chi connectivity index (χ1) is 9.04. The Kier molecular flexibility index (Phi) is 7.55. The highest BCUT2D eigenvalue weighted by Crippen LogP contribution is 2.32. The van der Waals surface area contributed by atoms with E-state index in [0.29, 0.717) is 12.5 Å². The summed E-state index contributed by atoms with van der Waals surface area (Å²) in [5.74, 6) is 0.353. The number of alkyl halides is 2. The van der Waals surface area contributed by atoms with Crippen LogP contribution in [-0.2, 0) is 10.2 Å². The van der Waals surface area contributed by atoms with Gasteiger partial charge in [0.15, 0.2) is 0 Å². The molecular weight excluding hydrogens is 375 g/mol. The van der Waals surface area contributed by atoms with E-state index in [4.69, 9.17) is 4.74 Å². The van der Waals surface area contributed by atoms with Gasteiger partial charge >= 0.3 is 0 Å². The minimum atomic E-state index is -0.196. The second-order valence-electron chi connectivity index (χ2n) is 5.27. The Hall–Kier alpha value is 0.0700. The van der Waals surface area contributed by atoms with Crippen LogP contribution >= 0.6 is 31.9 Å². The van der Waals surface area contributed by atoms with Crippen molar-refractivity contribution < 1.29 is 9.13 Å². The standard InChI is InChI=1S/C15H21Br2FO/c1-12(2)9-19-8-7-15(10-16,11-17)13-3-5-14(18)6-4-13/h3-6,12H,7-11H2,1-2H3. The van der Waals surface area contributed by atoms with E-state index in [1.807, 2.05) is 12.1 Å². The van der Waals surface area contributed by atoms with Gasteiger partial charge in [0.2, 0.25) is 0 Å². The maximum Gasteiger partial charge on any atom is 0.123 e. The van der Waals surface area contributed by atoms with Gasteiger partial charge in [-0.25, -0.2) is 4.39 Å². The smallest absolute Gasteiger partial charge is 0.123 e. The van der Waals surface area contributed by atoms with Crippen molar-refractivity contribution in [3.63, 3.8) is 0 Å². The van der Waals surface area contributed by atoms with E-state index in [-0.39, 0.29) is 11.2 Å². The summed E-state index contributed by atoms with van der Waals surface area (Å²) >= 11 is 7.18. The molecule has 0 saturated carbocycles. The predicted molar refractivity (Wildman–Crippen MR) is 85.9 cm³/mol. The maximum absolute atomic E-state index is 13.0. The van der Waals surface area contributed by atoms with Crippen molar-refractivity contribution in [3.05, 3.63) is 35.6 Å². The first-order valence-corrected chi connectivity index (χ1v) is 8.74. The van der Waals surface area contributed by atoms with Crippen molar-refractivity contribution in [2.75, 3.05) is 23.9 Å². The zero-order valence-corrected chi connectivity index (χ0v) is 14.6. The molecule has 0 unspecified atom stereocenters. The van der Waals surface area contributed by atoms with Crippen LogP contribution in [0.15, 0.2) is 24.3 Å². The molecule has 19 heavy (non-hydrogen) atoms. The van der Waals surface area contributed by atoms with Crippen LogP contribution in [-0.4, -0.2) is 23.9 Å². The molecular formula is C15H21Br2FO. The summed E-state index contributed by atoms with van der Waals surface area (Å²) in [5.41, 5.74) is 1.08. The zero-order chi connectivity index (χ0) is 14.3. The van der Waals surface area contributed by atoms with Crippen LogP contribution in [0.2, 0.25) is 0 Å². The SMILES string of the molecule is CC(C)COCCC(CBr)(CBr)c1ccc(F)cc1. The van der Waals surface area contributed by atoms with Gasteiger partial charge in [-0.2, -0.15) is 0 Å². The molecule has 1 aromatic rings. The average Bonchev–Trinajstić information content (AvgIpc) is 2.41. The van der Waals surface area contributed by atoms with Crippen LogP contribution in [0.3, 0.4) is 0 Å². The highest BCUT2D eigenvalue weighted by molar-refractivity contribution is 9.09. The molecule has 1 nitrogen and oxygen atoms in total. The monoisotopic (exact) mass is 394 g/mol. The lowest BCUT2D eigenvalue weighted by atomic mass is 9.82. The third-order valence-electron chi connectivity index (χ3n) is 3.14. The van der Waals surface area contributed by atoms with Crippen molar-refractivity contribution in [1.82, 2.24) is 0 Å². The number of hydrogen-bond acceptors (Lipinski definition) is 1. The molecule has 0 fully saturated rings. The summed E-state index contributed by atoms with van der Waals surface area (Å²) in [6, 6.07) is 6.76. The van der Waals surface area contributed by atoms with Crippen LogP contribution in [0.5, 0.6) is 0 Å². The Morgan fingerprint density at radius 2 is 1.74 bits per heavy atom. The fourth-order valence-electron chi connectivity index (χ4n) is 1.86. The highest BCUT2D eigenvalue weighted by atomic mass is 79.9. The van der Waals surface area contributed by atoms with Gasteiger partial charge in [-0.15, -0.1) is 0 Å². The predicted octanol–water partition coefficient (Wildman–Crippen LogP) is 4.92. The van der Waals surface area contributed by atoms with Crippen molar-refractivity contribution in [2.45, 2.75) is 25.7 Å². The molecule has 4 heteroatoms. The second-order valence-corrected chi connectivity index (χ2v) is 6.39. The molecule has 1 rings (SSSR count). The summed E-state index contributed by atoms with van der Waals surface area (Å²) in [6.07, 6.45) is 0.905. The molecule has 0 radical (unpaired) electrons. The van der Waals surface area contributed by atoms with Crippen LogP contribution < -0.4 is 0 Å². The van der Waals surface area contributed by atoms with Crippen molar-refractivity contribution in [2.24, 2.45) is 5.92 Å². The Balaban J connectivity index is 2.70. The molecule has 0 saturated heterocycles. The quantitative estimate of drug-likeness (QED) is 0.448. The van der Waals surface area contributed by atoms with Crippen LogP contribution in [0.4, 0.5) is 4.39 Å².